The van der Waals surface area contributed by atoms with E-state index in [2.05, 4.69) is 5.32 Å². The third kappa shape index (κ3) is 5.97. The summed E-state index contributed by atoms with van der Waals surface area (Å²) in [6.07, 6.45) is 0.814. The number of amides is 1. The molecule has 0 radical (unpaired) electrons. The van der Waals surface area contributed by atoms with Crippen molar-refractivity contribution in [2.24, 2.45) is 0 Å². The lowest BCUT2D eigenvalue weighted by molar-refractivity contribution is -0.305. The molecule has 0 atom stereocenters. The number of ether oxygens (including phenoxy) is 1. The van der Waals surface area contributed by atoms with Crippen molar-refractivity contribution in [3.8, 4) is 0 Å². The molecule has 0 aromatic rings. The Morgan fingerprint density at radius 3 is 2.57 bits per heavy atom. The monoisotopic (exact) mass is 315 g/mol. The van der Waals surface area contributed by atoms with E-state index in [0.717, 1.165) is 25.2 Å². The average molecular weight is 315 g/mol. The fourth-order valence-electron chi connectivity index (χ4n) is 1.77. The number of carbonyl (C=O) groups is 2. The second kappa shape index (κ2) is 7.70. The van der Waals surface area contributed by atoms with Gasteiger partial charge in [-0.2, -0.15) is 0 Å². The summed E-state index contributed by atoms with van der Waals surface area (Å²) in [4.78, 5) is 24.3. The summed E-state index contributed by atoms with van der Waals surface area (Å²) in [5.74, 6) is -0.300. The minimum Gasteiger partial charge on any atom is -0.550 e. The molecule has 2 heterocycles. The maximum atomic E-state index is 12.0. The lowest BCUT2D eigenvalue weighted by atomic mass is 10.2. The molecule has 0 aliphatic carbocycles. The first-order chi connectivity index (χ1) is 9.74. The van der Waals surface area contributed by atoms with Crippen LogP contribution in [0.2, 0.25) is 0 Å². The zero-order valence-electron chi connectivity index (χ0n) is 13.0. The summed E-state index contributed by atoms with van der Waals surface area (Å²) in [5.41, 5.74) is 0.732. The van der Waals surface area contributed by atoms with Gasteiger partial charge < -0.3 is 20.0 Å². The third-order valence-electron chi connectivity index (χ3n) is 2.74. The summed E-state index contributed by atoms with van der Waals surface area (Å²) >= 11 is 1.73. The van der Waals surface area contributed by atoms with Crippen molar-refractivity contribution in [3.63, 3.8) is 0 Å². The van der Waals surface area contributed by atoms with E-state index in [1.54, 1.807) is 16.7 Å². The zero-order valence-corrected chi connectivity index (χ0v) is 13.8. The number of thioether (sulfide) groups is 1. The van der Waals surface area contributed by atoms with Crippen LogP contribution in [0.3, 0.4) is 0 Å². The molecule has 0 fully saturated rings. The van der Waals surface area contributed by atoms with Crippen molar-refractivity contribution in [1.82, 2.24) is 10.2 Å². The molecule has 0 aromatic heterocycles. The second-order valence-corrected chi connectivity index (χ2v) is 6.74. The minimum absolute atomic E-state index is 0.111. The number of carbonyl (C=O) groups excluding carboxylic acids is 2. The van der Waals surface area contributed by atoms with Crippen LogP contribution >= 0.6 is 11.8 Å². The Bertz CT molecular complexity index is 429. The predicted octanol–water partition coefficient (Wildman–Crippen LogP) is 1.28. The highest BCUT2D eigenvalue weighted by molar-refractivity contribution is 8.03. The molecule has 0 saturated carbocycles. The summed E-state index contributed by atoms with van der Waals surface area (Å²) in [6.45, 7) is 9.05. The standard InChI is InChI=1S/C11H18N2O2S.C3H6O2/c1-11(2,3)15-10(14)13-7-16-9-6-12-5-4-8(9)13;1-2-3(4)5/h12H,4-7H2,1-3H3;2H2,1H3,(H,4,5)/p-1. The molecule has 0 unspecified atom stereocenters. The van der Waals surface area contributed by atoms with Gasteiger partial charge in [0.05, 0.1) is 5.88 Å². The average Bonchev–Trinajstić information content (AvgIpc) is 2.81. The Kier molecular flexibility index (Phi) is 6.54. The SMILES string of the molecule is CC(C)(C)OC(=O)N1CSC2=C1CCNC2.CCC(=O)[O-]. The van der Waals surface area contributed by atoms with Crippen molar-refractivity contribution in [2.45, 2.75) is 46.1 Å². The van der Waals surface area contributed by atoms with Crippen molar-refractivity contribution in [1.29, 1.82) is 0 Å². The normalized spacial score (nSPS) is 17.8. The smallest absolute Gasteiger partial charge is 0.415 e. The van der Waals surface area contributed by atoms with Gasteiger partial charge in [0.1, 0.15) is 5.60 Å². The fraction of sp³-hybridized carbons (Fsp3) is 0.714. The third-order valence-corrected chi connectivity index (χ3v) is 3.86. The van der Waals surface area contributed by atoms with E-state index >= 15 is 0 Å². The molecule has 2 aliphatic rings. The Balaban J connectivity index is 0.000000383. The van der Waals surface area contributed by atoms with Crippen LogP contribution in [0, 0.1) is 0 Å². The van der Waals surface area contributed by atoms with E-state index in [-0.39, 0.29) is 12.5 Å². The van der Waals surface area contributed by atoms with E-state index in [1.807, 2.05) is 20.8 Å². The van der Waals surface area contributed by atoms with Crippen LogP contribution in [0.25, 0.3) is 0 Å². The number of hydrogen-bond acceptors (Lipinski definition) is 6. The lowest BCUT2D eigenvalue weighted by Gasteiger charge is -2.26. The first-order valence-corrected chi connectivity index (χ1v) is 7.99. The molecule has 0 saturated heterocycles. The van der Waals surface area contributed by atoms with Gasteiger partial charge in [-0.15, -0.1) is 11.8 Å². The molecular formula is C14H23N2O4S-. The number of carboxylic acid groups (broad SMARTS) is 1. The highest BCUT2D eigenvalue weighted by Gasteiger charge is 2.32. The fourth-order valence-corrected chi connectivity index (χ4v) is 2.90. The molecule has 2 aliphatic heterocycles. The van der Waals surface area contributed by atoms with Gasteiger partial charge in [-0.3, -0.25) is 4.90 Å². The number of nitrogens with zero attached hydrogens (tertiary/aromatic N) is 1. The van der Waals surface area contributed by atoms with Crippen LogP contribution in [0.4, 0.5) is 4.79 Å². The number of rotatable bonds is 1. The topological polar surface area (TPSA) is 81.7 Å². The molecule has 7 heteroatoms. The van der Waals surface area contributed by atoms with Crippen LogP contribution in [-0.2, 0) is 9.53 Å². The molecule has 0 spiro atoms. The van der Waals surface area contributed by atoms with Gasteiger partial charge in [-0.25, -0.2) is 4.79 Å². The van der Waals surface area contributed by atoms with Crippen molar-refractivity contribution in [2.75, 3.05) is 19.0 Å². The van der Waals surface area contributed by atoms with Gasteiger partial charge in [0.25, 0.3) is 0 Å². The highest BCUT2D eigenvalue weighted by atomic mass is 32.2. The molecule has 2 rings (SSSR count). The first-order valence-electron chi connectivity index (χ1n) is 7.00. The van der Waals surface area contributed by atoms with Crippen LogP contribution < -0.4 is 10.4 Å². The van der Waals surface area contributed by atoms with Gasteiger partial charge in [0.2, 0.25) is 0 Å². The maximum Gasteiger partial charge on any atom is 0.415 e. The molecule has 0 bridgehead atoms. The molecule has 21 heavy (non-hydrogen) atoms. The van der Waals surface area contributed by atoms with E-state index in [4.69, 9.17) is 4.74 Å². The Hall–Kier alpha value is -1.21. The molecule has 6 nitrogen and oxygen atoms in total. The van der Waals surface area contributed by atoms with E-state index in [1.165, 1.54) is 11.8 Å². The predicted molar refractivity (Wildman–Crippen MR) is 80.3 cm³/mol. The van der Waals surface area contributed by atoms with Crippen molar-refractivity contribution >= 4 is 23.8 Å². The van der Waals surface area contributed by atoms with Crippen molar-refractivity contribution in [3.05, 3.63) is 10.6 Å². The molecule has 120 valence electrons. The van der Waals surface area contributed by atoms with E-state index in [9.17, 15) is 14.7 Å². The maximum absolute atomic E-state index is 12.0. The Morgan fingerprint density at radius 2 is 2.05 bits per heavy atom. The van der Waals surface area contributed by atoms with E-state index in [0.29, 0.717) is 5.88 Å². The summed E-state index contributed by atoms with van der Waals surface area (Å²) < 4.78 is 5.39. The lowest BCUT2D eigenvalue weighted by Crippen LogP contribution is -2.36. The van der Waals surface area contributed by atoms with Gasteiger partial charge in [-0.05, 0) is 27.2 Å². The van der Waals surface area contributed by atoms with Gasteiger partial charge >= 0.3 is 6.09 Å². The summed E-state index contributed by atoms with van der Waals surface area (Å²) in [5, 5.41) is 12.6. The zero-order chi connectivity index (χ0) is 16.0. The minimum atomic E-state index is -0.995. The number of carboxylic acids is 1. The summed E-state index contributed by atoms with van der Waals surface area (Å²) in [7, 11) is 0. The Morgan fingerprint density at radius 1 is 1.43 bits per heavy atom. The van der Waals surface area contributed by atoms with Gasteiger partial charge in [-0.1, -0.05) is 6.92 Å². The molecule has 1 N–H and O–H groups in total. The van der Waals surface area contributed by atoms with Gasteiger partial charge in [0, 0.05) is 36.1 Å². The molecular weight excluding hydrogens is 292 g/mol. The molecule has 0 aromatic carbocycles. The molecule has 1 amide bonds. The highest BCUT2D eigenvalue weighted by Crippen LogP contribution is 2.35. The van der Waals surface area contributed by atoms with Gasteiger partial charge in [0.15, 0.2) is 0 Å². The van der Waals surface area contributed by atoms with Crippen LogP contribution in [-0.4, -0.2) is 41.5 Å². The van der Waals surface area contributed by atoms with Crippen LogP contribution in [0.15, 0.2) is 10.6 Å². The number of nitrogens with one attached hydrogen (secondary N) is 1. The van der Waals surface area contributed by atoms with E-state index < -0.39 is 11.6 Å². The largest absolute Gasteiger partial charge is 0.550 e. The number of hydrogen-bond donors (Lipinski definition) is 1. The van der Waals surface area contributed by atoms with Crippen molar-refractivity contribution < 1.29 is 19.4 Å². The number of aliphatic carboxylic acids is 1. The second-order valence-electron chi connectivity index (χ2n) is 5.70. The van der Waals surface area contributed by atoms with Crippen LogP contribution in [0.1, 0.15) is 40.5 Å². The van der Waals surface area contributed by atoms with Crippen LogP contribution in [0.5, 0.6) is 0 Å². The summed E-state index contributed by atoms with van der Waals surface area (Å²) in [6, 6.07) is 0. The quantitative estimate of drug-likeness (QED) is 0.785. The Labute approximate surface area is 129 Å². The first kappa shape index (κ1) is 17.8.